The molecule has 3 aromatic rings. The number of aliphatic carboxylic acids is 1. The number of carbonyl (C=O) groups is 1. The molecule has 0 saturated carbocycles. The summed E-state index contributed by atoms with van der Waals surface area (Å²) in [6.45, 7) is 1.98. The molecular weight excluding hydrogens is 326 g/mol. The fourth-order valence-electron chi connectivity index (χ4n) is 2.64. The number of quaternary nitrogens is 1. The minimum Gasteiger partial charge on any atom is -0.477 e. The van der Waals surface area contributed by atoms with Crippen molar-refractivity contribution in [1.29, 1.82) is 0 Å². The predicted octanol–water partition coefficient (Wildman–Crippen LogP) is 2.34. The zero-order valence-electron chi connectivity index (χ0n) is 13.7. The highest BCUT2D eigenvalue weighted by molar-refractivity contribution is 7.98. The highest BCUT2D eigenvalue weighted by Gasteiger charge is 2.26. The van der Waals surface area contributed by atoms with Crippen LogP contribution in [0.1, 0.15) is 19.2 Å². The first-order valence-electron chi connectivity index (χ1n) is 7.88. The van der Waals surface area contributed by atoms with Crippen molar-refractivity contribution in [3.05, 3.63) is 30.1 Å². The lowest BCUT2D eigenvalue weighted by molar-refractivity contribution is -0.601. The number of carboxylic acid groups (broad SMARTS) is 1. The van der Waals surface area contributed by atoms with E-state index in [1.54, 1.807) is 17.1 Å². The highest BCUT2D eigenvalue weighted by atomic mass is 32.2. The molecule has 7 heteroatoms. The first-order chi connectivity index (χ1) is 11.6. The fraction of sp³-hybridized carbons (Fsp3) is 0.353. The molecule has 126 valence electrons. The number of carboxylic acids is 1. The predicted molar refractivity (Wildman–Crippen MR) is 94.7 cm³/mol. The van der Waals surface area contributed by atoms with Gasteiger partial charge in [0.25, 0.3) is 5.82 Å². The van der Waals surface area contributed by atoms with Gasteiger partial charge in [0, 0.05) is 18.2 Å². The van der Waals surface area contributed by atoms with E-state index in [-0.39, 0.29) is 0 Å². The molecule has 0 bridgehead atoms. The van der Waals surface area contributed by atoms with Crippen molar-refractivity contribution in [3.63, 3.8) is 0 Å². The van der Waals surface area contributed by atoms with Crippen molar-refractivity contribution < 1.29 is 19.6 Å². The van der Waals surface area contributed by atoms with Crippen LogP contribution < -0.4 is 5.32 Å². The standard InChI is InChI=1S/C17H19N3O3S/c1-3-13-19-14-10-6-4-5-7-12(10)23-15(14)16(20-13)18-11(17(21)22)8-9-24-2/h4-7,11H,3,8-9H2,1-2H3,(H,21,22)(H,18,19,20)/p+1. The van der Waals surface area contributed by atoms with E-state index in [4.69, 9.17) is 4.42 Å². The maximum atomic E-state index is 11.6. The molecule has 0 saturated heterocycles. The van der Waals surface area contributed by atoms with Crippen LogP contribution in [0.4, 0.5) is 5.82 Å². The highest BCUT2D eigenvalue weighted by Crippen LogP contribution is 2.29. The number of rotatable bonds is 7. The van der Waals surface area contributed by atoms with Crippen LogP contribution in [0.5, 0.6) is 0 Å². The number of nitrogens with two attached hydrogens (primary N) is 1. The third-order valence-corrected chi connectivity index (χ3v) is 4.56. The number of aryl methyl sites for hydroxylation is 1. The maximum Gasteiger partial charge on any atom is 0.362 e. The molecule has 0 fully saturated rings. The zero-order chi connectivity index (χ0) is 17.1. The van der Waals surface area contributed by atoms with E-state index in [0.29, 0.717) is 30.1 Å². The van der Waals surface area contributed by atoms with Crippen LogP contribution in [0.25, 0.3) is 22.1 Å². The van der Waals surface area contributed by atoms with Gasteiger partial charge in [-0.15, -0.1) is 0 Å². The van der Waals surface area contributed by atoms with E-state index in [9.17, 15) is 9.90 Å². The van der Waals surface area contributed by atoms with Gasteiger partial charge in [-0.05, 0) is 24.1 Å². The molecule has 0 aliphatic carbocycles. The number of benzene rings is 1. The average Bonchev–Trinajstić information content (AvgIpc) is 2.97. The Morgan fingerprint density at radius 1 is 1.38 bits per heavy atom. The Morgan fingerprint density at radius 3 is 2.88 bits per heavy atom. The van der Waals surface area contributed by atoms with Crippen LogP contribution in [0.3, 0.4) is 0 Å². The van der Waals surface area contributed by atoms with Crippen molar-refractivity contribution >= 4 is 45.6 Å². The van der Waals surface area contributed by atoms with Gasteiger partial charge in [-0.3, -0.25) is 5.32 Å². The Hall–Kier alpha value is -2.12. The number of nitrogens with zero attached hydrogens (tertiary/aromatic N) is 2. The minimum atomic E-state index is -0.843. The molecule has 1 atom stereocenters. The molecule has 0 amide bonds. The summed E-state index contributed by atoms with van der Waals surface area (Å²) in [6, 6.07) is 7.09. The van der Waals surface area contributed by atoms with Crippen LogP contribution in [-0.2, 0) is 11.2 Å². The third kappa shape index (κ3) is 3.22. The van der Waals surface area contributed by atoms with E-state index >= 15 is 0 Å². The van der Waals surface area contributed by atoms with Crippen molar-refractivity contribution in [1.82, 2.24) is 9.97 Å². The smallest absolute Gasteiger partial charge is 0.362 e. The Morgan fingerprint density at radius 2 is 2.17 bits per heavy atom. The fourth-order valence-corrected chi connectivity index (χ4v) is 3.13. The van der Waals surface area contributed by atoms with Gasteiger partial charge in [0.2, 0.25) is 5.58 Å². The van der Waals surface area contributed by atoms with E-state index < -0.39 is 12.0 Å². The number of thioether (sulfide) groups is 1. The second-order valence-electron chi connectivity index (χ2n) is 5.55. The molecule has 1 aromatic carbocycles. The van der Waals surface area contributed by atoms with E-state index in [0.717, 1.165) is 22.2 Å². The van der Waals surface area contributed by atoms with Gasteiger partial charge < -0.3 is 9.52 Å². The summed E-state index contributed by atoms with van der Waals surface area (Å²) in [7, 11) is 0. The average molecular weight is 346 g/mol. The lowest BCUT2D eigenvalue weighted by Crippen LogP contribution is -2.87. The Bertz CT molecular complexity index is 878. The van der Waals surface area contributed by atoms with Crippen LogP contribution in [0.15, 0.2) is 28.7 Å². The molecule has 1 unspecified atom stereocenters. The van der Waals surface area contributed by atoms with Crippen molar-refractivity contribution in [2.75, 3.05) is 12.0 Å². The molecule has 24 heavy (non-hydrogen) atoms. The van der Waals surface area contributed by atoms with Crippen LogP contribution in [-0.4, -0.2) is 39.1 Å². The number of para-hydroxylation sites is 1. The molecule has 2 heterocycles. The molecule has 0 spiro atoms. The SMILES string of the molecule is CCc1nc([NH2+]C(CCSC)C(=O)O)c2oc3ccccc3c2n1. The second-order valence-corrected chi connectivity index (χ2v) is 6.53. The van der Waals surface area contributed by atoms with Gasteiger partial charge in [-0.1, -0.05) is 19.1 Å². The number of hydrogen-bond donors (Lipinski definition) is 2. The molecule has 3 rings (SSSR count). The normalized spacial score (nSPS) is 12.8. The minimum absolute atomic E-state index is 0.559. The summed E-state index contributed by atoms with van der Waals surface area (Å²) in [5.41, 5.74) is 2.04. The zero-order valence-corrected chi connectivity index (χ0v) is 14.5. The monoisotopic (exact) mass is 346 g/mol. The van der Waals surface area contributed by atoms with Gasteiger partial charge >= 0.3 is 5.97 Å². The summed E-state index contributed by atoms with van der Waals surface area (Å²) in [4.78, 5) is 20.7. The first kappa shape index (κ1) is 16.7. The summed E-state index contributed by atoms with van der Waals surface area (Å²) >= 11 is 1.63. The molecule has 0 radical (unpaired) electrons. The third-order valence-electron chi connectivity index (χ3n) is 3.92. The number of fused-ring (bicyclic) bond motifs is 3. The number of aromatic nitrogens is 2. The molecule has 3 N–H and O–H groups in total. The summed E-state index contributed by atoms with van der Waals surface area (Å²) in [5.74, 6) is 1.20. The molecule has 2 aromatic heterocycles. The van der Waals surface area contributed by atoms with Crippen LogP contribution >= 0.6 is 11.8 Å². The van der Waals surface area contributed by atoms with Gasteiger partial charge in [0.1, 0.15) is 16.9 Å². The van der Waals surface area contributed by atoms with Gasteiger partial charge in [0.15, 0.2) is 6.04 Å². The molecule has 0 aliphatic rings. The van der Waals surface area contributed by atoms with Gasteiger partial charge in [-0.2, -0.15) is 16.7 Å². The van der Waals surface area contributed by atoms with E-state index in [1.807, 2.05) is 37.4 Å². The Kier molecular flexibility index (Phi) is 5.01. The lowest BCUT2D eigenvalue weighted by Gasteiger charge is -2.10. The van der Waals surface area contributed by atoms with Crippen molar-refractivity contribution in [2.24, 2.45) is 0 Å². The lowest BCUT2D eigenvalue weighted by atomic mass is 10.2. The topological polar surface area (TPSA) is 92.8 Å². The van der Waals surface area contributed by atoms with Crippen molar-refractivity contribution in [3.8, 4) is 0 Å². The van der Waals surface area contributed by atoms with E-state index in [2.05, 4.69) is 9.97 Å². The quantitative estimate of drug-likeness (QED) is 0.682. The van der Waals surface area contributed by atoms with Crippen LogP contribution in [0, 0.1) is 0 Å². The number of furan rings is 1. The summed E-state index contributed by atoms with van der Waals surface area (Å²) in [6.07, 6.45) is 3.21. The van der Waals surface area contributed by atoms with Gasteiger partial charge in [-0.25, -0.2) is 9.78 Å². The first-order valence-corrected chi connectivity index (χ1v) is 9.28. The number of hydrogen-bond acceptors (Lipinski definition) is 5. The Labute approximate surface area is 143 Å². The second kappa shape index (κ2) is 7.19. The molecular formula is C17H20N3O3S+. The maximum absolute atomic E-state index is 11.6. The van der Waals surface area contributed by atoms with Gasteiger partial charge in [0.05, 0.1) is 0 Å². The van der Waals surface area contributed by atoms with Crippen molar-refractivity contribution in [2.45, 2.75) is 25.8 Å². The largest absolute Gasteiger partial charge is 0.477 e. The summed E-state index contributed by atoms with van der Waals surface area (Å²) < 4.78 is 5.91. The Balaban J connectivity index is 2.10. The molecule has 6 nitrogen and oxygen atoms in total. The van der Waals surface area contributed by atoms with E-state index in [1.165, 1.54) is 0 Å². The molecule has 0 aliphatic heterocycles. The van der Waals surface area contributed by atoms with Crippen LogP contribution in [0.2, 0.25) is 0 Å². The summed E-state index contributed by atoms with van der Waals surface area (Å²) in [5, 5.41) is 12.1.